The minimum atomic E-state index is -0.383. The SMILES string of the molecule is COc1ccc(-c2cc(-c3ccccc3)c3cc([N+](=O)[O-])ccc3n2)cc1.Cl. The molecule has 140 valence electrons. The number of methoxy groups -OCH3 is 1. The largest absolute Gasteiger partial charge is 0.497 e. The molecule has 0 aliphatic rings. The number of non-ortho nitro benzene ring substituents is 1. The highest BCUT2D eigenvalue weighted by Crippen LogP contribution is 2.34. The van der Waals surface area contributed by atoms with Crippen molar-refractivity contribution < 1.29 is 9.66 Å². The van der Waals surface area contributed by atoms with Crippen molar-refractivity contribution in [3.8, 4) is 28.1 Å². The Morgan fingerprint density at radius 2 is 1.61 bits per heavy atom. The Kier molecular flexibility index (Phi) is 5.57. The van der Waals surface area contributed by atoms with Gasteiger partial charge in [0.15, 0.2) is 0 Å². The number of nitro benzene ring substituents is 1. The molecule has 0 bridgehead atoms. The molecule has 1 aromatic heterocycles. The third-order valence-electron chi connectivity index (χ3n) is 4.47. The summed E-state index contributed by atoms with van der Waals surface area (Å²) in [6.45, 7) is 0. The molecular formula is C22H17ClN2O3. The lowest BCUT2D eigenvalue weighted by atomic mass is 9.98. The second-order valence-electron chi connectivity index (χ2n) is 6.11. The molecule has 28 heavy (non-hydrogen) atoms. The number of fused-ring (bicyclic) bond motifs is 1. The lowest BCUT2D eigenvalue weighted by molar-refractivity contribution is -0.384. The van der Waals surface area contributed by atoms with Crippen LogP contribution < -0.4 is 4.74 Å². The van der Waals surface area contributed by atoms with Crippen LogP contribution in [0.25, 0.3) is 33.3 Å². The summed E-state index contributed by atoms with van der Waals surface area (Å²) in [6.07, 6.45) is 0. The van der Waals surface area contributed by atoms with Gasteiger partial charge < -0.3 is 4.74 Å². The first-order chi connectivity index (χ1) is 13.2. The quantitative estimate of drug-likeness (QED) is 0.320. The molecule has 0 radical (unpaired) electrons. The van der Waals surface area contributed by atoms with Crippen LogP contribution in [0.3, 0.4) is 0 Å². The molecule has 5 nitrogen and oxygen atoms in total. The Hall–Kier alpha value is -3.44. The van der Waals surface area contributed by atoms with Crippen molar-refractivity contribution in [1.29, 1.82) is 0 Å². The highest BCUT2D eigenvalue weighted by molar-refractivity contribution is 5.97. The van der Waals surface area contributed by atoms with E-state index in [1.165, 1.54) is 6.07 Å². The van der Waals surface area contributed by atoms with E-state index < -0.39 is 0 Å². The van der Waals surface area contributed by atoms with Gasteiger partial charge in [-0.15, -0.1) is 12.4 Å². The number of nitrogens with zero attached hydrogens (tertiary/aromatic N) is 2. The summed E-state index contributed by atoms with van der Waals surface area (Å²) in [4.78, 5) is 15.6. The zero-order valence-electron chi connectivity index (χ0n) is 15.0. The summed E-state index contributed by atoms with van der Waals surface area (Å²) >= 11 is 0. The van der Waals surface area contributed by atoms with Gasteiger partial charge in [-0.3, -0.25) is 10.1 Å². The molecule has 0 saturated heterocycles. The Labute approximate surface area is 168 Å². The lowest BCUT2D eigenvalue weighted by Crippen LogP contribution is -1.93. The first-order valence-electron chi connectivity index (χ1n) is 8.45. The van der Waals surface area contributed by atoms with Crippen LogP contribution in [0.15, 0.2) is 78.9 Å². The van der Waals surface area contributed by atoms with Crippen LogP contribution in [-0.2, 0) is 0 Å². The summed E-state index contributed by atoms with van der Waals surface area (Å²) in [5.74, 6) is 0.776. The molecule has 0 aliphatic heterocycles. The minimum Gasteiger partial charge on any atom is -0.497 e. The van der Waals surface area contributed by atoms with Crippen molar-refractivity contribution in [3.05, 3.63) is 89.0 Å². The van der Waals surface area contributed by atoms with Gasteiger partial charge in [0.2, 0.25) is 0 Å². The van der Waals surface area contributed by atoms with Gasteiger partial charge in [-0.25, -0.2) is 4.98 Å². The fraction of sp³-hybridized carbons (Fsp3) is 0.0455. The number of halogens is 1. The monoisotopic (exact) mass is 392 g/mol. The van der Waals surface area contributed by atoms with E-state index in [2.05, 4.69) is 0 Å². The molecule has 0 N–H and O–H groups in total. The summed E-state index contributed by atoms with van der Waals surface area (Å²) < 4.78 is 5.22. The molecule has 0 spiro atoms. The summed E-state index contributed by atoms with van der Waals surface area (Å²) in [7, 11) is 1.63. The molecule has 6 heteroatoms. The van der Waals surface area contributed by atoms with Crippen LogP contribution in [-0.4, -0.2) is 17.0 Å². The molecule has 0 atom stereocenters. The van der Waals surface area contributed by atoms with E-state index in [-0.39, 0.29) is 23.0 Å². The van der Waals surface area contributed by atoms with E-state index in [1.54, 1.807) is 19.2 Å². The number of hydrogen-bond acceptors (Lipinski definition) is 4. The molecular weight excluding hydrogens is 376 g/mol. The van der Waals surface area contributed by atoms with E-state index in [1.807, 2.05) is 60.7 Å². The zero-order valence-corrected chi connectivity index (χ0v) is 15.8. The summed E-state index contributed by atoms with van der Waals surface area (Å²) in [5, 5.41) is 12.0. The zero-order chi connectivity index (χ0) is 18.8. The van der Waals surface area contributed by atoms with Gasteiger partial charge in [-0.1, -0.05) is 30.3 Å². The van der Waals surface area contributed by atoms with Crippen LogP contribution in [0.2, 0.25) is 0 Å². The number of benzene rings is 3. The van der Waals surface area contributed by atoms with E-state index in [0.29, 0.717) is 5.52 Å². The Morgan fingerprint density at radius 3 is 2.25 bits per heavy atom. The third-order valence-corrected chi connectivity index (χ3v) is 4.47. The predicted molar refractivity (Wildman–Crippen MR) is 113 cm³/mol. The third kappa shape index (κ3) is 3.66. The number of rotatable bonds is 4. The number of aromatic nitrogens is 1. The van der Waals surface area contributed by atoms with E-state index in [4.69, 9.17) is 9.72 Å². The van der Waals surface area contributed by atoms with Crippen LogP contribution in [0.4, 0.5) is 5.69 Å². The second-order valence-corrected chi connectivity index (χ2v) is 6.11. The maximum Gasteiger partial charge on any atom is 0.270 e. The summed E-state index contributed by atoms with van der Waals surface area (Å²) in [6, 6.07) is 24.3. The standard InChI is InChI=1S/C22H16N2O3.ClH/c1-27-18-10-7-16(8-11-18)22-14-19(15-5-3-2-4-6-15)20-13-17(24(25)26)9-12-21(20)23-22;/h2-14H,1H3;1H. The average molecular weight is 393 g/mol. The summed E-state index contributed by atoms with van der Waals surface area (Å²) in [5.41, 5.74) is 4.42. The van der Waals surface area contributed by atoms with Crippen molar-refractivity contribution in [1.82, 2.24) is 4.98 Å². The molecule has 0 amide bonds. The Balaban J connectivity index is 0.00000225. The molecule has 3 aromatic carbocycles. The van der Waals surface area contributed by atoms with Crippen LogP contribution in [0.5, 0.6) is 5.75 Å². The highest BCUT2D eigenvalue weighted by atomic mass is 35.5. The predicted octanol–water partition coefficient (Wildman–Crippen LogP) is 5.91. The number of hydrogen-bond donors (Lipinski definition) is 0. The fourth-order valence-electron chi connectivity index (χ4n) is 3.09. The first-order valence-corrected chi connectivity index (χ1v) is 8.45. The Morgan fingerprint density at radius 1 is 0.893 bits per heavy atom. The molecule has 4 rings (SSSR count). The van der Waals surface area contributed by atoms with Gasteiger partial charge in [0.05, 0.1) is 23.2 Å². The molecule has 0 fully saturated rings. The first kappa shape index (κ1) is 19.3. The number of nitro groups is 1. The molecule has 4 aromatic rings. The minimum absolute atomic E-state index is 0. The van der Waals surface area contributed by atoms with Gasteiger partial charge in [-0.05, 0) is 47.5 Å². The Bertz CT molecular complexity index is 1130. The molecule has 0 aliphatic carbocycles. The van der Waals surface area contributed by atoms with E-state index in [9.17, 15) is 10.1 Å². The number of pyridine rings is 1. The fourth-order valence-corrected chi connectivity index (χ4v) is 3.09. The lowest BCUT2D eigenvalue weighted by Gasteiger charge is -2.11. The molecule has 1 heterocycles. The van der Waals surface area contributed by atoms with E-state index >= 15 is 0 Å². The van der Waals surface area contributed by atoms with E-state index in [0.717, 1.165) is 33.5 Å². The van der Waals surface area contributed by atoms with Gasteiger partial charge >= 0.3 is 0 Å². The smallest absolute Gasteiger partial charge is 0.270 e. The molecule has 0 unspecified atom stereocenters. The maximum atomic E-state index is 11.2. The van der Waals surface area contributed by atoms with Crippen molar-refractivity contribution in [2.75, 3.05) is 7.11 Å². The van der Waals surface area contributed by atoms with Gasteiger partial charge in [-0.2, -0.15) is 0 Å². The van der Waals surface area contributed by atoms with Gasteiger partial charge in [0, 0.05) is 23.1 Å². The number of ether oxygens (including phenoxy) is 1. The van der Waals surface area contributed by atoms with Gasteiger partial charge in [0.1, 0.15) is 5.75 Å². The van der Waals surface area contributed by atoms with Crippen molar-refractivity contribution >= 4 is 29.0 Å². The van der Waals surface area contributed by atoms with Crippen molar-refractivity contribution in [3.63, 3.8) is 0 Å². The normalized spacial score (nSPS) is 10.3. The highest BCUT2D eigenvalue weighted by Gasteiger charge is 2.13. The van der Waals surface area contributed by atoms with Crippen LogP contribution in [0.1, 0.15) is 0 Å². The van der Waals surface area contributed by atoms with Crippen molar-refractivity contribution in [2.24, 2.45) is 0 Å². The second kappa shape index (κ2) is 8.06. The van der Waals surface area contributed by atoms with Crippen molar-refractivity contribution in [2.45, 2.75) is 0 Å². The van der Waals surface area contributed by atoms with Crippen LogP contribution in [0, 0.1) is 10.1 Å². The van der Waals surface area contributed by atoms with Gasteiger partial charge in [0.25, 0.3) is 5.69 Å². The average Bonchev–Trinajstić information content (AvgIpc) is 2.73. The molecule has 0 saturated carbocycles. The maximum absolute atomic E-state index is 11.2. The van der Waals surface area contributed by atoms with Crippen LogP contribution >= 0.6 is 12.4 Å². The topological polar surface area (TPSA) is 65.3 Å².